The Morgan fingerprint density at radius 3 is 2.69 bits per heavy atom. The molecule has 1 unspecified atom stereocenters. The fourth-order valence-corrected chi connectivity index (χ4v) is 3.44. The number of rotatable bonds is 7. The maximum Gasteiger partial charge on any atom is 0.317 e. The lowest BCUT2D eigenvalue weighted by Gasteiger charge is -2.25. The van der Waals surface area contributed by atoms with Crippen LogP contribution >= 0.6 is 11.6 Å². The summed E-state index contributed by atoms with van der Waals surface area (Å²) in [6, 6.07) is 7.96. The molecule has 1 saturated heterocycles. The lowest BCUT2D eigenvalue weighted by molar-refractivity contribution is -0.138. The summed E-state index contributed by atoms with van der Waals surface area (Å²) in [6.07, 6.45) is 4.41. The highest BCUT2D eigenvalue weighted by atomic mass is 35.5. The number of carbonyl (C=O) groups is 2. The van der Waals surface area contributed by atoms with E-state index in [-0.39, 0.29) is 18.6 Å². The number of nitrogens with zero attached hydrogens (tertiary/aromatic N) is 2. The molecule has 0 spiro atoms. The Kier molecular flexibility index (Phi) is 8.19. The number of aliphatic carboxylic acids is 1. The number of carboxylic acids is 1. The van der Waals surface area contributed by atoms with Gasteiger partial charge in [0.15, 0.2) is 0 Å². The summed E-state index contributed by atoms with van der Waals surface area (Å²) < 4.78 is 0. The van der Waals surface area contributed by atoms with Crippen LogP contribution in [-0.4, -0.2) is 66.2 Å². The van der Waals surface area contributed by atoms with Gasteiger partial charge in [-0.25, -0.2) is 4.79 Å². The minimum absolute atomic E-state index is 0.0253. The van der Waals surface area contributed by atoms with E-state index in [4.69, 9.17) is 16.7 Å². The molecule has 26 heavy (non-hydrogen) atoms. The molecule has 0 aliphatic carbocycles. The van der Waals surface area contributed by atoms with E-state index in [1.165, 1.54) is 5.56 Å². The summed E-state index contributed by atoms with van der Waals surface area (Å²) in [5, 5.41) is 12.6. The molecule has 2 amide bonds. The number of aryl methyl sites for hydroxylation is 1. The molecule has 2 N–H and O–H groups in total. The molecule has 1 aromatic carbocycles. The van der Waals surface area contributed by atoms with Crippen molar-refractivity contribution in [3.05, 3.63) is 34.9 Å². The number of amides is 2. The minimum atomic E-state index is -0.813. The van der Waals surface area contributed by atoms with Crippen molar-refractivity contribution in [2.45, 2.75) is 38.1 Å². The van der Waals surface area contributed by atoms with Crippen LogP contribution in [0.5, 0.6) is 0 Å². The predicted octanol–water partition coefficient (Wildman–Crippen LogP) is 2.85. The highest BCUT2D eigenvalue weighted by Crippen LogP contribution is 2.16. The van der Waals surface area contributed by atoms with Crippen molar-refractivity contribution in [3.63, 3.8) is 0 Å². The quantitative estimate of drug-likeness (QED) is 0.712. The predicted molar refractivity (Wildman–Crippen MR) is 103 cm³/mol. The Morgan fingerprint density at radius 2 is 2.00 bits per heavy atom. The SMILES string of the molecule is CN(CC(=O)O)C1CCCN(C(=O)NCCCc2ccc(Cl)cc2)CC1. The fraction of sp³-hybridized carbons (Fsp3) is 0.579. The average Bonchev–Trinajstić information content (AvgIpc) is 2.86. The second-order valence-corrected chi connectivity index (χ2v) is 7.28. The van der Waals surface area contributed by atoms with E-state index in [1.54, 1.807) is 0 Å². The molecule has 2 rings (SSSR count). The summed E-state index contributed by atoms with van der Waals surface area (Å²) >= 11 is 5.87. The van der Waals surface area contributed by atoms with E-state index in [0.717, 1.165) is 43.7 Å². The highest BCUT2D eigenvalue weighted by Gasteiger charge is 2.23. The standard InChI is InChI=1S/C19H28ClN3O3/c1-22(14-18(24)25)17-5-3-12-23(13-10-17)19(26)21-11-2-4-15-6-8-16(20)9-7-15/h6-9,17H,2-5,10-14H2,1H3,(H,21,26)(H,24,25). The van der Waals surface area contributed by atoms with Gasteiger partial charge >= 0.3 is 12.0 Å². The van der Waals surface area contributed by atoms with Gasteiger partial charge < -0.3 is 15.3 Å². The van der Waals surface area contributed by atoms with Crippen molar-refractivity contribution in [1.82, 2.24) is 15.1 Å². The van der Waals surface area contributed by atoms with Crippen LogP contribution in [0.2, 0.25) is 5.02 Å². The lowest BCUT2D eigenvalue weighted by atomic mass is 10.1. The molecule has 1 heterocycles. The number of likely N-dealkylation sites (tertiary alicyclic amines) is 1. The van der Waals surface area contributed by atoms with Gasteiger partial charge in [-0.1, -0.05) is 23.7 Å². The Labute approximate surface area is 160 Å². The number of carboxylic acid groups (broad SMARTS) is 1. The van der Waals surface area contributed by atoms with Crippen LogP contribution in [0.25, 0.3) is 0 Å². The number of carbonyl (C=O) groups excluding carboxylic acids is 1. The zero-order chi connectivity index (χ0) is 18.9. The zero-order valence-corrected chi connectivity index (χ0v) is 16.0. The normalized spacial score (nSPS) is 17.8. The number of hydrogen-bond donors (Lipinski definition) is 2. The van der Waals surface area contributed by atoms with Gasteiger partial charge in [0.1, 0.15) is 0 Å². The van der Waals surface area contributed by atoms with Crippen molar-refractivity contribution in [2.24, 2.45) is 0 Å². The zero-order valence-electron chi connectivity index (χ0n) is 15.3. The first-order valence-corrected chi connectivity index (χ1v) is 9.53. The number of halogens is 1. The van der Waals surface area contributed by atoms with Crippen molar-refractivity contribution >= 4 is 23.6 Å². The summed E-state index contributed by atoms with van der Waals surface area (Å²) in [5.41, 5.74) is 1.21. The van der Waals surface area contributed by atoms with Crippen molar-refractivity contribution in [1.29, 1.82) is 0 Å². The molecule has 1 atom stereocenters. The maximum atomic E-state index is 12.4. The Balaban J connectivity index is 1.69. The summed E-state index contributed by atoms with van der Waals surface area (Å²) in [4.78, 5) is 26.9. The molecule has 7 heteroatoms. The monoisotopic (exact) mass is 381 g/mol. The maximum absolute atomic E-state index is 12.4. The second-order valence-electron chi connectivity index (χ2n) is 6.84. The summed E-state index contributed by atoms with van der Waals surface area (Å²) in [5.74, 6) is -0.813. The molecule has 0 radical (unpaired) electrons. The molecule has 0 aromatic heterocycles. The van der Waals surface area contributed by atoms with Crippen LogP contribution in [0.4, 0.5) is 4.79 Å². The van der Waals surface area contributed by atoms with E-state index in [2.05, 4.69) is 5.32 Å². The van der Waals surface area contributed by atoms with Gasteiger partial charge in [0.2, 0.25) is 0 Å². The Hall–Kier alpha value is -1.79. The first kappa shape index (κ1) is 20.5. The van der Waals surface area contributed by atoms with Crippen LogP contribution in [0, 0.1) is 0 Å². The molecule has 1 aromatic rings. The highest BCUT2D eigenvalue weighted by molar-refractivity contribution is 6.30. The number of hydrogen-bond acceptors (Lipinski definition) is 3. The third-order valence-electron chi connectivity index (χ3n) is 4.82. The van der Waals surface area contributed by atoms with Crippen molar-refractivity contribution in [2.75, 3.05) is 33.2 Å². The minimum Gasteiger partial charge on any atom is -0.480 e. The largest absolute Gasteiger partial charge is 0.480 e. The van der Waals surface area contributed by atoms with Gasteiger partial charge in [-0.2, -0.15) is 0 Å². The molecule has 0 saturated carbocycles. The molecular formula is C19H28ClN3O3. The smallest absolute Gasteiger partial charge is 0.317 e. The molecule has 1 aliphatic rings. The van der Waals surface area contributed by atoms with Gasteiger partial charge in [0, 0.05) is 30.7 Å². The average molecular weight is 382 g/mol. The first-order chi connectivity index (χ1) is 12.5. The van der Waals surface area contributed by atoms with Crippen LogP contribution in [0.15, 0.2) is 24.3 Å². The third-order valence-corrected chi connectivity index (χ3v) is 5.08. The molecular weight excluding hydrogens is 354 g/mol. The number of likely N-dealkylation sites (N-methyl/N-ethyl adjacent to an activating group) is 1. The van der Waals surface area contributed by atoms with Crippen LogP contribution in [0.3, 0.4) is 0 Å². The topological polar surface area (TPSA) is 72.9 Å². The van der Waals surface area contributed by atoms with E-state index in [9.17, 15) is 9.59 Å². The van der Waals surface area contributed by atoms with E-state index in [1.807, 2.05) is 41.1 Å². The number of nitrogens with one attached hydrogen (secondary N) is 1. The third kappa shape index (κ3) is 6.84. The molecule has 6 nitrogen and oxygen atoms in total. The summed E-state index contributed by atoms with van der Waals surface area (Å²) in [7, 11) is 1.84. The van der Waals surface area contributed by atoms with Crippen molar-refractivity contribution < 1.29 is 14.7 Å². The van der Waals surface area contributed by atoms with Gasteiger partial charge in [0.05, 0.1) is 6.54 Å². The second kappa shape index (κ2) is 10.4. The van der Waals surface area contributed by atoms with E-state index in [0.29, 0.717) is 13.1 Å². The number of urea groups is 1. The molecule has 0 bridgehead atoms. The molecule has 1 aliphatic heterocycles. The number of benzene rings is 1. The van der Waals surface area contributed by atoms with Gasteiger partial charge in [-0.05, 0) is 56.8 Å². The van der Waals surface area contributed by atoms with Gasteiger partial charge in [0.25, 0.3) is 0 Å². The summed E-state index contributed by atoms with van der Waals surface area (Å²) in [6.45, 7) is 2.07. The van der Waals surface area contributed by atoms with E-state index >= 15 is 0 Å². The van der Waals surface area contributed by atoms with Crippen molar-refractivity contribution in [3.8, 4) is 0 Å². The Bertz CT molecular complexity index is 594. The first-order valence-electron chi connectivity index (χ1n) is 9.15. The molecule has 1 fully saturated rings. The van der Waals surface area contributed by atoms with Gasteiger partial charge in [-0.15, -0.1) is 0 Å². The fourth-order valence-electron chi connectivity index (χ4n) is 3.32. The van der Waals surface area contributed by atoms with Gasteiger partial charge in [-0.3, -0.25) is 9.69 Å². The Morgan fingerprint density at radius 1 is 1.27 bits per heavy atom. The van der Waals surface area contributed by atoms with Crippen LogP contribution in [0.1, 0.15) is 31.2 Å². The van der Waals surface area contributed by atoms with E-state index < -0.39 is 5.97 Å². The van der Waals surface area contributed by atoms with Crippen LogP contribution < -0.4 is 5.32 Å². The van der Waals surface area contributed by atoms with Crippen LogP contribution in [-0.2, 0) is 11.2 Å². The molecule has 144 valence electrons. The lowest BCUT2D eigenvalue weighted by Crippen LogP contribution is -2.42.